The van der Waals surface area contributed by atoms with Crippen molar-refractivity contribution in [2.75, 3.05) is 0 Å². The van der Waals surface area contributed by atoms with E-state index in [0.717, 1.165) is 0 Å². The molecule has 0 aromatic rings. The molecular formula is C7H5FN2O. The maximum Gasteiger partial charge on any atom is 0.281 e. The molecule has 2 rings (SSSR count). The molecule has 11 heavy (non-hydrogen) atoms. The van der Waals surface area contributed by atoms with E-state index in [9.17, 15) is 9.18 Å². The topological polar surface area (TPSA) is 41.5 Å². The highest BCUT2D eigenvalue weighted by Gasteiger charge is 2.25. The number of fused-ring (bicyclic) bond motifs is 1. The fourth-order valence-electron chi connectivity index (χ4n) is 1.05. The van der Waals surface area contributed by atoms with Crippen molar-refractivity contribution in [2.45, 2.75) is 6.17 Å². The maximum absolute atomic E-state index is 12.6. The Labute approximate surface area is 62.3 Å². The SMILES string of the molecule is O=C1NC2N=CC=C2C=C1F. The van der Waals surface area contributed by atoms with Crippen LogP contribution in [0.5, 0.6) is 0 Å². The highest BCUT2D eigenvalue weighted by Crippen LogP contribution is 2.18. The second-order valence-electron chi connectivity index (χ2n) is 2.33. The summed E-state index contributed by atoms with van der Waals surface area (Å²) >= 11 is 0. The summed E-state index contributed by atoms with van der Waals surface area (Å²) in [5, 5.41) is 2.38. The first-order valence-electron chi connectivity index (χ1n) is 3.19. The van der Waals surface area contributed by atoms with Gasteiger partial charge < -0.3 is 5.32 Å². The van der Waals surface area contributed by atoms with Crippen LogP contribution in [0, 0.1) is 0 Å². The number of amides is 1. The van der Waals surface area contributed by atoms with Crippen LogP contribution >= 0.6 is 0 Å². The molecule has 0 saturated carbocycles. The van der Waals surface area contributed by atoms with Gasteiger partial charge in [-0.3, -0.25) is 9.79 Å². The molecule has 0 spiro atoms. The van der Waals surface area contributed by atoms with Crippen LogP contribution < -0.4 is 5.32 Å². The minimum atomic E-state index is -0.752. The zero-order valence-electron chi connectivity index (χ0n) is 5.54. The van der Waals surface area contributed by atoms with Crippen molar-refractivity contribution in [3.05, 3.63) is 23.6 Å². The average Bonchev–Trinajstić information content (AvgIpc) is 2.36. The van der Waals surface area contributed by atoms with Gasteiger partial charge in [-0.1, -0.05) is 0 Å². The number of halogens is 1. The minimum Gasteiger partial charge on any atom is -0.324 e. The first-order valence-corrected chi connectivity index (χ1v) is 3.19. The number of carbonyl (C=O) groups is 1. The number of hydrogen-bond acceptors (Lipinski definition) is 2. The van der Waals surface area contributed by atoms with Crippen molar-refractivity contribution in [3.63, 3.8) is 0 Å². The number of aliphatic imine (C=N–C) groups is 1. The van der Waals surface area contributed by atoms with Crippen molar-refractivity contribution in [1.82, 2.24) is 5.32 Å². The second kappa shape index (κ2) is 2.02. The highest BCUT2D eigenvalue weighted by molar-refractivity contribution is 5.95. The Morgan fingerprint density at radius 1 is 1.64 bits per heavy atom. The molecule has 0 radical (unpaired) electrons. The van der Waals surface area contributed by atoms with Crippen LogP contribution in [0.3, 0.4) is 0 Å². The molecule has 2 heterocycles. The van der Waals surface area contributed by atoms with E-state index >= 15 is 0 Å². The molecule has 56 valence electrons. The fraction of sp³-hybridized carbons (Fsp3) is 0.143. The molecule has 1 amide bonds. The van der Waals surface area contributed by atoms with E-state index in [1.807, 2.05) is 0 Å². The van der Waals surface area contributed by atoms with Gasteiger partial charge in [0.2, 0.25) is 0 Å². The quantitative estimate of drug-likeness (QED) is 0.533. The Kier molecular flexibility index (Phi) is 1.15. The monoisotopic (exact) mass is 152 g/mol. The average molecular weight is 152 g/mol. The molecule has 1 unspecified atom stereocenters. The van der Waals surface area contributed by atoms with Crippen molar-refractivity contribution in [3.8, 4) is 0 Å². The Hall–Kier alpha value is -1.45. The lowest BCUT2D eigenvalue weighted by atomic mass is 10.1. The van der Waals surface area contributed by atoms with Crippen LogP contribution in [0.4, 0.5) is 4.39 Å². The van der Waals surface area contributed by atoms with Crippen molar-refractivity contribution in [2.24, 2.45) is 4.99 Å². The third-order valence-corrected chi connectivity index (χ3v) is 1.60. The van der Waals surface area contributed by atoms with Crippen molar-refractivity contribution in [1.29, 1.82) is 0 Å². The lowest BCUT2D eigenvalue weighted by Gasteiger charge is -2.15. The predicted molar refractivity (Wildman–Crippen MR) is 37.7 cm³/mol. The molecule has 2 aliphatic heterocycles. The predicted octanol–water partition coefficient (Wildman–Crippen LogP) is 0.306. The highest BCUT2D eigenvalue weighted by atomic mass is 19.1. The van der Waals surface area contributed by atoms with Crippen molar-refractivity contribution < 1.29 is 9.18 Å². The molecule has 0 fully saturated rings. The van der Waals surface area contributed by atoms with Crippen LogP contribution in [0.1, 0.15) is 0 Å². The number of carbonyl (C=O) groups excluding carboxylic acids is 1. The molecule has 4 heteroatoms. The maximum atomic E-state index is 12.6. The molecule has 1 N–H and O–H groups in total. The lowest BCUT2D eigenvalue weighted by molar-refractivity contribution is -0.119. The molecule has 3 nitrogen and oxygen atoms in total. The third kappa shape index (κ3) is 0.869. The van der Waals surface area contributed by atoms with Gasteiger partial charge in [0.15, 0.2) is 5.83 Å². The van der Waals surface area contributed by atoms with E-state index in [0.29, 0.717) is 5.57 Å². The summed E-state index contributed by atoms with van der Waals surface area (Å²) in [4.78, 5) is 14.6. The van der Waals surface area contributed by atoms with E-state index in [4.69, 9.17) is 0 Å². The van der Waals surface area contributed by atoms with Gasteiger partial charge >= 0.3 is 0 Å². The van der Waals surface area contributed by atoms with Gasteiger partial charge in [-0.2, -0.15) is 0 Å². The van der Waals surface area contributed by atoms with Gasteiger partial charge in [-0.15, -0.1) is 0 Å². The van der Waals surface area contributed by atoms with E-state index in [-0.39, 0.29) is 6.17 Å². The fourth-order valence-corrected chi connectivity index (χ4v) is 1.05. The van der Waals surface area contributed by atoms with Gasteiger partial charge in [0.25, 0.3) is 5.91 Å². The van der Waals surface area contributed by atoms with E-state index in [2.05, 4.69) is 10.3 Å². The number of allylic oxidation sites excluding steroid dienone is 1. The Morgan fingerprint density at radius 2 is 2.45 bits per heavy atom. The summed E-state index contributed by atoms with van der Waals surface area (Å²) in [6, 6.07) is 0. The number of nitrogens with zero attached hydrogens (tertiary/aromatic N) is 1. The number of rotatable bonds is 0. The van der Waals surface area contributed by atoms with Gasteiger partial charge in [0.1, 0.15) is 6.17 Å². The van der Waals surface area contributed by atoms with Crippen LogP contribution in [0.15, 0.2) is 28.5 Å². The van der Waals surface area contributed by atoms with Gasteiger partial charge in [0, 0.05) is 11.8 Å². The normalized spacial score (nSPS) is 27.4. The largest absolute Gasteiger partial charge is 0.324 e. The molecule has 0 bridgehead atoms. The summed E-state index contributed by atoms with van der Waals surface area (Å²) in [6.45, 7) is 0. The van der Waals surface area contributed by atoms with Crippen LogP contribution in [0.2, 0.25) is 0 Å². The summed E-state index contributed by atoms with van der Waals surface area (Å²) < 4.78 is 12.6. The zero-order valence-corrected chi connectivity index (χ0v) is 5.54. The first-order chi connectivity index (χ1) is 5.27. The van der Waals surface area contributed by atoms with Gasteiger partial charge in [-0.05, 0) is 12.2 Å². The number of nitrogens with one attached hydrogen (secondary N) is 1. The van der Waals surface area contributed by atoms with E-state index < -0.39 is 11.7 Å². The molecule has 0 aromatic heterocycles. The minimum absolute atomic E-state index is 0.359. The summed E-state index contributed by atoms with van der Waals surface area (Å²) in [7, 11) is 0. The van der Waals surface area contributed by atoms with Gasteiger partial charge in [0.05, 0.1) is 0 Å². The third-order valence-electron chi connectivity index (χ3n) is 1.60. The molecule has 0 aliphatic carbocycles. The Balaban J connectivity index is 2.39. The lowest BCUT2D eigenvalue weighted by Crippen LogP contribution is -2.36. The molecule has 1 atom stereocenters. The van der Waals surface area contributed by atoms with E-state index in [1.165, 1.54) is 6.08 Å². The zero-order chi connectivity index (χ0) is 7.84. The molecule has 2 aliphatic rings. The molecule has 0 aromatic carbocycles. The molecular weight excluding hydrogens is 147 g/mol. The summed E-state index contributed by atoms with van der Waals surface area (Å²) in [6.07, 6.45) is 4.07. The standard InChI is InChI=1S/C7H5FN2O/c8-5-3-4-1-2-9-6(4)10-7(5)11/h1-3,6H,(H,10,11). The van der Waals surface area contributed by atoms with Crippen LogP contribution in [0.25, 0.3) is 0 Å². The number of hydrogen-bond donors (Lipinski definition) is 1. The second-order valence-corrected chi connectivity index (χ2v) is 2.33. The molecule has 0 saturated heterocycles. The smallest absolute Gasteiger partial charge is 0.281 e. The Bertz CT molecular complexity index is 304. The van der Waals surface area contributed by atoms with Crippen LogP contribution in [-0.2, 0) is 4.79 Å². The first kappa shape index (κ1) is 6.27. The van der Waals surface area contributed by atoms with Crippen molar-refractivity contribution >= 4 is 12.1 Å². The van der Waals surface area contributed by atoms with E-state index in [1.54, 1.807) is 12.3 Å². The Morgan fingerprint density at radius 3 is 3.27 bits per heavy atom. The summed E-state index contributed by atoms with van der Waals surface area (Å²) in [5.74, 6) is -1.44. The van der Waals surface area contributed by atoms with Crippen LogP contribution in [-0.4, -0.2) is 18.3 Å². The van der Waals surface area contributed by atoms with Gasteiger partial charge in [-0.25, -0.2) is 4.39 Å². The summed E-state index contributed by atoms with van der Waals surface area (Å²) in [5.41, 5.74) is 0.696.